The summed E-state index contributed by atoms with van der Waals surface area (Å²) in [6, 6.07) is -0.0367. The summed E-state index contributed by atoms with van der Waals surface area (Å²) in [6.45, 7) is 8.10. The fourth-order valence-corrected chi connectivity index (χ4v) is 3.52. The van der Waals surface area contributed by atoms with Crippen LogP contribution in [-0.2, 0) is 27.3 Å². The Hall–Kier alpha value is -1.89. The van der Waals surface area contributed by atoms with Crippen LogP contribution in [0.5, 0.6) is 0 Å². The number of aromatic nitrogens is 2. The zero-order valence-electron chi connectivity index (χ0n) is 15.2. The van der Waals surface area contributed by atoms with Crippen LogP contribution >= 0.6 is 0 Å². The molecule has 1 atom stereocenters. The molecule has 0 spiro atoms. The highest BCUT2D eigenvalue weighted by Gasteiger charge is 2.29. The van der Waals surface area contributed by atoms with Crippen LogP contribution in [0.3, 0.4) is 0 Å². The molecule has 2 aliphatic heterocycles. The number of nitrogens with zero attached hydrogens (tertiary/aromatic N) is 4. The number of rotatable bonds is 5. The van der Waals surface area contributed by atoms with E-state index < -0.39 is 0 Å². The summed E-state index contributed by atoms with van der Waals surface area (Å²) in [4.78, 5) is 33.2. The van der Waals surface area contributed by atoms with Gasteiger partial charge in [-0.1, -0.05) is 13.3 Å². The first-order chi connectivity index (χ1) is 12.1. The van der Waals surface area contributed by atoms with E-state index in [4.69, 9.17) is 4.74 Å². The lowest BCUT2D eigenvalue weighted by Crippen LogP contribution is -2.41. The number of imidazole rings is 1. The van der Waals surface area contributed by atoms with Crippen molar-refractivity contribution in [2.45, 2.75) is 52.1 Å². The molecule has 2 aliphatic rings. The third kappa shape index (κ3) is 4.03. The molecule has 138 valence electrons. The van der Waals surface area contributed by atoms with Crippen molar-refractivity contribution >= 4 is 11.8 Å². The average molecular weight is 348 g/mol. The lowest BCUT2D eigenvalue weighted by atomic mass is 10.1. The van der Waals surface area contributed by atoms with Gasteiger partial charge in [0.1, 0.15) is 5.82 Å². The van der Waals surface area contributed by atoms with Crippen LogP contribution < -0.4 is 0 Å². The standard InChI is InChI=1S/C18H28N4O3/c1-3-4-5-16(23)22-7-6-21-13-15(19-18(21)14(22)2)12-17(24)20-8-10-25-11-9-20/h13-14H,3-12H2,1-2H3/t14-/m1/s1. The minimum atomic E-state index is -0.0367. The summed E-state index contributed by atoms with van der Waals surface area (Å²) in [5, 5.41) is 0. The Kier molecular flexibility index (Phi) is 5.73. The maximum atomic E-state index is 12.4. The zero-order chi connectivity index (χ0) is 17.8. The van der Waals surface area contributed by atoms with E-state index in [0.29, 0.717) is 45.7 Å². The summed E-state index contributed by atoms with van der Waals surface area (Å²) < 4.78 is 7.38. The molecule has 2 amide bonds. The average Bonchev–Trinajstić information content (AvgIpc) is 3.04. The molecule has 3 rings (SSSR count). The molecule has 1 aromatic rings. The topological polar surface area (TPSA) is 67.7 Å². The van der Waals surface area contributed by atoms with Crippen LogP contribution in [0.1, 0.15) is 50.7 Å². The van der Waals surface area contributed by atoms with E-state index in [2.05, 4.69) is 16.5 Å². The molecule has 3 heterocycles. The monoisotopic (exact) mass is 348 g/mol. The van der Waals surface area contributed by atoms with Crippen LogP contribution in [0.25, 0.3) is 0 Å². The van der Waals surface area contributed by atoms with Crippen molar-refractivity contribution < 1.29 is 14.3 Å². The first-order valence-electron chi connectivity index (χ1n) is 9.31. The van der Waals surface area contributed by atoms with E-state index in [0.717, 1.165) is 30.9 Å². The van der Waals surface area contributed by atoms with Gasteiger partial charge in [-0.3, -0.25) is 9.59 Å². The number of amides is 2. The molecule has 0 saturated carbocycles. The van der Waals surface area contributed by atoms with Gasteiger partial charge in [0.15, 0.2) is 0 Å². The fraction of sp³-hybridized carbons (Fsp3) is 0.722. The SMILES string of the molecule is CCCCC(=O)N1CCn2cc(CC(=O)N3CCOCC3)nc2[C@H]1C. The number of hydrogen-bond donors (Lipinski definition) is 0. The molecule has 7 heteroatoms. The smallest absolute Gasteiger partial charge is 0.228 e. The van der Waals surface area contributed by atoms with Gasteiger partial charge in [-0.2, -0.15) is 0 Å². The second-order valence-electron chi connectivity index (χ2n) is 6.82. The van der Waals surface area contributed by atoms with Crippen molar-refractivity contribution in [1.29, 1.82) is 0 Å². The lowest BCUT2D eigenvalue weighted by Gasteiger charge is -2.33. The number of unbranched alkanes of at least 4 members (excludes halogenated alkanes) is 1. The van der Waals surface area contributed by atoms with Crippen molar-refractivity contribution in [2.24, 2.45) is 0 Å². The Morgan fingerprint density at radius 2 is 1.96 bits per heavy atom. The molecular formula is C18H28N4O3. The zero-order valence-corrected chi connectivity index (χ0v) is 15.2. The minimum absolute atomic E-state index is 0.0367. The predicted molar refractivity (Wildman–Crippen MR) is 93.0 cm³/mol. The van der Waals surface area contributed by atoms with Crippen molar-refractivity contribution in [3.63, 3.8) is 0 Å². The van der Waals surface area contributed by atoms with E-state index in [1.165, 1.54) is 0 Å². The van der Waals surface area contributed by atoms with Crippen LogP contribution in [0.15, 0.2) is 6.20 Å². The fourth-order valence-electron chi connectivity index (χ4n) is 3.52. The summed E-state index contributed by atoms with van der Waals surface area (Å²) in [7, 11) is 0. The van der Waals surface area contributed by atoms with E-state index in [9.17, 15) is 9.59 Å². The number of morpholine rings is 1. The first kappa shape index (κ1) is 17.9. The summed E-state index contributed by atoms with van der Waals surface area (Å²) in [5.41, 5.74) is 0.793. The number of carbonyl (C=O) groups excluding carboxylic acids is 2. The van der Waals surface area contributed by atoms with E-state index >= 15 is 0 Å². The Bertz CT molecular complexity index is 622. The largest absolute Gasteiger partial charge is 0.378 e. The van der Waals surface area contributed by atoms with Crippen LogP contribution in [0.4, 0.5) is 0 Å². The van der Waals surface area contributed by atoms with Crippen molar-refractivity contribution in [3.05, 3.63) is 17.7 Å². The van der Waals surface area contributed by atoms with Gasteiger partial charge in [0.2, 0.25) is 11.8 Å². The molecule has 1 fully saturated rings. The maximum Gasteiger partial charge on any atom is 0.228 e. The Labute approximate surface area is 148 Å². The Morgan fingerprint density at radius 1 is 1.20 bits per heavy atom. The van der Waals surface area contributed by atoms with E-state index in [-0.39, 0.29) is 17.9 Å². The summed E-state index contributed by atoms with van der Waals surface area (Å²) >= 11 is 0. The molecule has 25 heavy (non-hydrogen) atoms. The second kappa shape index (κ2) is 7.99. The predicted octanol–water partition coefficient (Wildman–Crippen LogP) is 1.38. The number of ether oxygens (including phenoxy) is 1. The molecule has 0 bridgehead atoms. The van der Waals surface area contributed by atoms with Crippen LogP contribution in [-0.4, -0.2) is 64.0 Å². The van der Waals surface area contributed by atoms with Gasteiger partial charge in [0, 0.05) is 38.8 Å². The van der Waals surface area contributed by atoms with Crippen molar-refractivity contribution in [1.82, 2.24) is 19.4 Å². The highest BCUT2D eigenvalue weighted by Crippen LogP contribution is 2.26. The van der Waals surface area contributed by atoms with Crippen LogP contribution in [0.2, 0.25) is 0 Å². The van der Waals surface area contributed by atoms with Gasteiger partial charge in [-0.15, -0.1) is 0 Å². The lowest BCUT2D eigenvalue weighted by molar-refractivity contribution is -0.135. The molecule has 0 unspecified atom stereocenters. The quantitative estimate of drug-likeness (QED) is 0.806. The van der Waals surface area contributed by atoms with E-state index in [1.54, 1.807) is 0 Å². The molecule has 0 N–H and O–H groups in total. The van der Waals surface area contributed by atoms with Gasteiger partial charge in [-0.05, 0) is 13.3 Å². The number of carbonyl (C=O) groups is 2. The third-order valence-corrected chi connectivity index (χ3v) is 5.04. The molecule has 1 saturated heterocycles. The molecule has 0 aromatic carbocycles. The molecule has 1 aromatic heterocycles. The summed E-state index contributed by atoms with van der Waals surface area (Å²) in [5.74, 6) is 1.19. The van der Waals surface area contributed by atoms with Gasteiger partial charge in [0.05, 0.1) is 31.4 Å². The highest BCUT2D eigenvalue weighted by atomic mass is 16.5. The van der Waals surface area contributed by atoms with Crippen molar-refractivity contribution in [3.8, 4) is 0 Å². The minimum Gasteiger partial charge on any atom is -0.378 e. The Balaban J connectivity index is 1.65. The van der Waals surface area contributed by atoms with Gasteiger partial charge >= 0.3 is 0 Å². The third-order valence-electron chi connectivity index (χ3n) is 5.04. The second-order valence-corrected chi connectivity index (χ2v) is 6.82. The molecule has 0 radical (unpaired) electrons. The van der Waals surface area contributed by atoms with Crippen molar-refractivity contribution in [2.75, 3.05) is 32.8 Å². The Morgan fingerprint density at radius 3 is 2.68 bits per heavy atom. The molecule has 7 nitrogen and oxygen atoms in total. The molecular weight excluding hydrogens is 320 g/mol. The number of fused-ring (bicyclic) bond motifs is 1. The van der Waals surface area contributed by atoms with Gasteiger partial charge in [0.25, 0.3) is 0 Å². The van der Waals surface area contributed by atoms with Crippen LogP contribution in [0, 0.1) is 0 Å². The number of hydrogen-bond acceptors (Lipinski definition) is 4. The van der Waals surface area contributed by atoms with E-state index in [1.807, 2.05) is 22.9 Å². The normalized spacial score (nSPS) is 20.5. The van der Waals surface area contributed by atoms with Gasteiger partial charge in [-0.25, -0.2) is 4.98 Å². The summed E-state index contributed by atoms with van der Waals surface area (Å²) in [6.07, 6.45) is 4.84. The first-order valence-corrected chi connectivity index (χ1v) is 9.31. The van der Waals surface area contributed by atoms with Gasteiger partial charge < -0.3 is 19.1 Å². The molecule has 0 aliphatic carbocycles. The highest BCUT2D eigenvalue weighted by molar-refractivity contribution is 5.78. The maximum absolute atomic E-state index is 12.4.